The van der Waals surface area contributed by atoms with Gasteiger partial charge in [-0.15, -0.1) is 0 Å². The highest BCUT2D eigenvalue weighted by molar-refractivity contribution is 7.93. The Morgan fingerprint density at radius 1 is 0.731 bits per heavy atom. The van der Waals surface area contributed by atoms with Crippen LogP contribution in [0, 0.1) is 25.5 Å². The Hall–Kier alpha value is -5.69. The van der Waals surface area contributed by atoms with Gasteiger partial charge in [-0.3, -0.25) is 14.4 Å². The molecule has 13 nitrogen and oxygen atoms in total. The molecule has 1 heterocycles. The van der Waals surface area contributed by atoms with Gasteiger partial charge in [-0.05, 0) is 97.2 Å². The largest absolute Gasteiger partial charge is 0.488 e. The first-order chi connectivity index (χ1) is 24.4. The molecule has 0 bridgehead atoms. The van der Waals surface area contributed by atoms with Crippen molar-refractivity contribution in [1.29, 1.82) is 0 Å². The van der Waals surface area contributed by atoms with Gasteiger partial charge >= 0.3 is 19.1 Å². The van der Waals surface area contributed by atoms with Gasteiger partial charge in [0.25, 0.3) is 20.0 Å². The van der Waals surface area contributed by atoms with Crippen LogP contribution in [-0.2, 0) is 24.8 Å². The molecule has 0 atom stereocenters. The summed E-state index contributed by atoms with van der Waals surface area (Å²) in [5, 5.41) is 27.1. The number of nitrogens with one attached hydrogen (secondary N) is 2. The molecule has 0 radical (unpaired) electrons. The number of carbonyl (C=O) groups is 2. The standard InChI is InChI=1S/C19H15FN2O4S.C15H15BFNO6S/c1-12-10-13(17-4-2-3-9-21-17)5-8-18(12)27(25,26)22-14-6-7-15(19(23)24)16(20)11-14;1-9-7-10(16(20)21)3-6-14(9)25(22,23)18-11-4-5-12(13(17)8-11)15(19)24-2/h2-11,22H,1H3,(H,23,24);3-8,18,20-21H,1-2H3. The van der Waals surface area contributed by atoms with Crippen LogP contribution in [0.2, 0.25) is 0 Å². The van der Waals surface area contributed by atoms with Crippen LogP contribution >= 0.6 is 0 Å². The topological polar surface area (TPSA) is 209 Å². The second-order valence-corrected chi connectivity index (χ2v) is 14.3. The fourth-order valence-electron chi connectivity index (χ4n) is 4.80. The zero-order valence-corrected chi connectivity index (χ0v) is 29.2. The maximum atomic E-state index is 13.9. The number of ether oxygens (including phenoxy) is 1. The van der Waals surface area contributed by atoms with E-state index in [9.17, 15) is 35.2 Å². The number of carboxylic acid groups (broad SMARTS) is 1. The maximum absolute atomic E-state index is 13.9. The van der Waals surface area contributed by atoms with Crippen LogP contribution in [0.15, 0.2) is 107 Å². The lowest BCUT2D eigenvalue weighted by atomic mass is 9.80. The Morgan fingerprint density at radius 3 is 1.71 bits per heavy atom. The lowest BCUT2D eigenvalue weighted by Crippen LogP contribution is -2.30. The average molecular weight is 754 g/mol. The third-order valence-corrected chi connectivity index (χ3v) is 10.4. The number of aromatic carboxylic acids is 1. The molecule has 0 spiro atoms. The first-order valence-electron chi connectivity index (χ1n) is 14.9. The summed E-state index contributed by atoms with van der Waals surface area (Å²) in [7, 11) is -8.63. The van der Waals surface area contributed by atoms with Crippen LogP contribution in [0.4, 0.5) is 20.2 Å². The van der Waals surface area contributed by atoms with Crippen molar-refractivity contribution in [2.24, 2.45) is 0 Å². The number of benzene rings is 4. The van der Waals surface area contributed by atoms with Crippen LogP contribution in [0.3, 0.4) is 0 Å². The molecular weight excluding hydrogens is 723 g/mol. The number of methoxy groups -OCH3 is 1. The van der Waals surface area contributed by atoms with Crippen LogP contribution in [0.25, 0.3) is 11.3 Å². The number of pyridine rings is 1. The Morgan fingerprint density at radius 2 is 1.27 bits per heavy atom. The van der Waals surface area contributed by atoms with E-state index < -0.39 is 56.3 Å². The van der Waals surface area contributed by atoms with Gasteiger partial charge in [0.05, 0.1) is 45.1 Å². The Labute approximate surface area is 297 Å². The van der Waals surface area contributed by atoms with Gasteiger partial charge in [0.2, 0.25) is 0 Å². The lowest BCUT2D eigenvalue weighted by molar-refractivity contribution is 0.0594. The van der Waals surface area contributed by atoms with Crippen molar-refractivity contribution in [2.75, 3.05) is 16.6 Å². The highest BCUT2D eigenvalue weighted by atomic mass is 32.2. The molecule has 270 valence electrons. The zero-order chi connectivity index (χ0) is 38.4. The fourth-order valence-corrected chi connectivity index (χ4v) is 7.36. The first-order valence-corrected chi connectivity index (χ1v) is 17.8. The van der Waals surface area contributed by atoms with Crippen molar-refractivity contribution < 1.29 is 55.1 Å². The predicted octanol–water partition coefficient (Wildman–Crippen LogP) is 4.10. The molecule has 5 aromatic rings. The number of halogens is 2. The molecule has 1 aromatic heterocycles. The molecule has 5 rings (SSSR count). The molecule has 0 amide bonds. The third-order valence-electron chi connectivity index (χ3n) is 7.29. The second-order valence-electron chi connectivity index (χ2n) is 11.0. The highest BCUT2D eigenvalue weighted by Gasteiger charge is 2.22. The number of aryl methyl sites for hydroxylation is 2. The first kappa shape index (κ1) is 39.1. The summed E-state index contributed by atoms with van der Waals surface area (Å²) in [5.41, 5.74) is 1.41. The third kappa shape index (κ3) is 9.35. The molecule has 5 N–H and O–H groups in total. The molecule has 0 fully saturated rings. The number of carbonyl (C=O) groups excluding carboxylic acids is 1. The van der Waals surface area contributed by atoms with E-state index in [0.717, 1.165) is 36.9 Å². The van der Waals surface area contributed by atoms with E-state index >= 15 is 0 Å². The van der Waals surface area contributed by atoms with E-state index in [0.29, 0.717) is 11.3 Å². The van der Waals surface area contributed by atoms with Crippen molar-refractivity contribution >= 4 is 55.9 Å². The normalized spacial score (nSPS) is 11.1. The summed E-state index contributed by atoms with van der Waals surface area (Å²) in [4.78, 5) is 26.3. The van der Waals surface area contributed by atoms with E-state index in [2.05, 4.69) is 19.2 Å². The molecule has 0 saturated carbocycles. The van der Waals surface area contributed by atoms with E-state index in [1.54, 1.807) is 31.3 Å². The summed E-state index contributed by atoms with van der Waals surface area (Å²) in [6, 6.07) is 20.2. The summed E-state index contributed by atoms with van der Waals surface area (Å²) in [5.74, 6) is -4.25. The number of sulfonamides is 2. The van der Waals surface area contributed by atoms with Crippen molar-refractivity contribution in [2.45, 2.75) is 23.6 Å². The van der Waals surface area contributed by atoms with Gasteiger partial charge in [-0.1, -0.05) is 24.3 Å². The number of carboxylic acids is 1. The average Bonchev–Trinajstić information content (AvgIpc) is 3.08. The van der Waals surface area contributed by atoms with Gasteiger partial charge in [0, 0.05) is 11.8 Å². The molecule has 0 aliphatic rings. The number of nitrogens with zero attached hydrogens (tertiary/aromatic N) is 1. The van der Waals surface area contributed by atoms with Crippen molar-refractivity contribution in [3.8, 4) is 11.3 Å². The van der Waals surface area contributed by atoms with Gasteiger partial charge in [-0.25, -0.2) is 35.2 Å². The monoisotopic (exact) mass is 753 g/mol. The minimum Gasteiger partial charge on any atom is -0.478 e. The van der Waals surface area contributed by atoms with Gasteiger partial charge < -0.3 is 19.9 Å². The van der Waals surface area contributed by atoms with Crippen molar-refractivity contribution in [3.05, 3.63) is 131 Å². The number of anilines is 2. The predicted molar refractivity (Wildman–Crippen MR) is 188 cm³/mol. The molecule has 52 heavy (non-hydrogen) atoms. The highest BCUT2D eigenvalue weighted by Crippen LogP contribution is 2.26. The van der Waals surface area contributed by atoms with Crippen molar-refractivity contribution in [1.82, 2.24) is 4.98 Å². The number of hydrogen-bond donors (Lipinski definition) is 5. The number of rotatable bonds is 10. The molecule has 18 heteroatoms. The van der Waals surface area contributed by atoms with E-state index in [4.69, 9.17) is 15.2 Å². The summed E-state index contributed by atoms with van der Waals surface area (Å²) < 4.78 is 86.7. The quantitative estimate of drug-likeness (QED) is 0.101. The van der Waals surface area contributed by atoms with Gasteiger partial charge in [0.1, 0.15) is 11.6 Å². The summed E-state index contributed by atoms with van der Waals surface area (Å²) in [6.45, 7) is 3.14. The second kappa shape index (κ2) is 16.1. The zero-order valence-electron chi connectivity index (χ0n) is 27.5. The minimum atomic E-state index is -4.04. The number of hydrogen-bond acceptors (Lipinski definition) is 10. The number of esters is 1. The van der Waals surface area contributed by atoms with Gasteiger partial charge in [0.15, 0.2) is 0 Å². The van der Waals surface area contributed by atoms with Gasteiger partial charge in [-0.2, -0.15) is 0 Å². The van der Waals surface area contributed by atoms with Crippen molar-refractivity contribution in [3.63, 3.8) is 0 Å². The lowest BCUT2D eigenvalue weighted by Gasteiger charge is -2.12. The van der Waals surface area contributed by atoms with E-state index in [1.807, 2.05) is 12.1 Å². The molecular formula is C34H30BF2N3O10S2. The van der Waals surface area contributed by atoms with Crippen LogP contribution in [0.5, 0.6) is 0 Å². The molecule has 0 aliphatic heterocycles. The summed E-state index contributed by atoms with van der Waals surface area (Å²) >= 11 is 0. The Bertz CT molecular complexity index is 2360. The SMILES string of the molecule is COC(=O)c1ccc(NS(=O)(=O)c2ccc(B(O)O)cc2C)cc1F.Cc1cc(-c2ccccn2)ccc1S(=O)(=O)Nc1ccc(C(=O)O)c(F)c1. The minimum absolute atomic E-state index is 0.0323. The Balaban J connectivity index is 0.000000234. The van der Waals surface area contributed by atoms with E-state index in [1.165, 1.54) is 43.3 Å². The molecule has 4 aromatic carbocycles. The molecule has 0 saturated heterocycles. The Kier molecular flexibility index (Phi) is 12.1. The van der Waals surface area contributed by atoms with Crippen LogP contribution < -0.4 is 14.9 Å². The molecule has 0 unspecified atom stereocenters. The smallest absolute Gasteiger partial charge is 0.478 e. The summed E-state index contributed by atoms with van der Waals surface area (Å²) in [6.07, 6.45) is 1.65. The number of aromatic nitrogens is 1. The van der Waals surface area contributed by atoms with Crippen LogP contribution in [0.1, 0.15) is 31.8 Å². The maximum Gasteiger partial charge on any atom is 0.488 e. The van der Waals surface area contributed by atoms with Crippen LogP contribution in [-0.4, -0.2) is 63.1 Å². The molecule has 0 aliphatic carbocycles. The fraction of sp³-hybridized carbons (Fsp3) is 0.0882. The van der Waals surface area contributed by atoms with E-state index in [-0.39, 0.29) is 37.8 Å².